The van der Waals surface area contributed by atoms with E-state index in [0.717, 1.165) is 19.9 Å². The normalized spacial score (nSPS) is 12.1. The minimum absolute atomic E-state index is 0.0217. The zero-order valence-corrected chi connectivity index (χ0v) is 25.8. The molecule has 214 valence electrons. The second kappa shape index (κ2) is 13.8. The quantitative estimate of drug-likeness (QED) is 0.294. The second-order valence-corrected chi connectivity index (χ2v) is 12.5. The molecule has 1 atom stereocenters. The van der Waals surface area contributed by atoms with Gasteiger partial charge in [0.25, 0.3) is 10.0 Å². The number of nitrogens with zero attached hydrogens (tertiary/aromatic N) is 2. The van der Waals surface area contributed by atoms with Crippen LogP contribution in [-0.4, -0.2) is 50.4 Å². The maximum Gasteiger partial charge on any atom is 0.264 e. The van der Waals surface area contributed by atoms with Crippen LogP contribution in [0.15, 0.2) is 82.2 Å². The highest BCUT2D eigenvalue weighted by Gasteiger charge is 2.32. The van der Waals surface area contributed by atoms with Crippen molar-refractivity contribution < 1.29 is 22.7 Å². The van der Waals surface area contributed by atoms with Gasteiger partial charge in [0.1, 0.15) is 18.3 Å². The Labute approximate surface area is 245 Å². The maximum atomic E-state index is 13.9. The Morgan fingerprint density at radius 1 is 0.975 bits per heavy atom. The van der Waals surface area contributed by atoms with Crippen molar-refractivity contribution in [1.29, 1.82) is 0 Å². The number of sulfonamides is 1. The fourth-order valence-corrected chi connectivity index (χ4v) is 5.92. The van der Waals surface area contributed by atoms with E-state index >= 15 is 0 Å². The molecule has 0 spiro atoms. The van der Waals surface area contributed by atoms with Gasteiger partial charge in [-0.3, -0.25) is 13.9 Å². The molecule has 40 heavy (non-hydrogen) atoms. The van der Waals surface area contributed by atoms with E-state index in [1.807, 2.05) is 52.0 Å². The molecule has 3 rings (SSSR count). The first-order chi connectivity index (χ1) is 18.9. The van der Waals surface area contributed by atoms with Crippen molar-refractivity contribution in [2.24, 2.45) is 0 Å². The average Bonchev–Trinajstić information content (AvgIpc) is 2.90. The number of ether oxygens (including phenoxy) is 1. The number of rotatable bonds is 12. The Morgan fingerprint density at radius 3 is 2.20 bits per heavy atom. The van der Waals surface area contributed by atoms with Crippen molar-refractivity contribution in [1.82, 2.24) is 10.2 Å². The van der Waals surface area contributed by atoms with Crippen LogP contribution in [-0.2, 0) is 26.2 Å². The van der Waals surface area contributed by atoms with Crippen LogP contribution in [0.1, 0.15) is 38.8 Å². The first kappa shape index (κ1) is 31.2. The summed E-state index contributed by atoms with van der Waals surface area (Å²) in [7, 11) is -4.15. The zero-order valence-electron chi connectivity index (χ0n) is 23.4. The maximum absolute atomic E-state index is 13.9. The van der Waals surface area contributed by atoms with Crippen molar-refractivity contribution in [2.75, 3.05) is 17.5 Å². The van der Waals surface area contributed by atoms with Gasteiger partial charge in [-0.2, -0.15) is 0 Å². The number of nitrogens with one attached hydrogen (secondary N) is 1. The Morgan fingerprint density at radius 2 is 1.62 bits per heavy atom. The topological polar surface area (TPSA) is 96.0 Å². The smallest absolute Gasteiger partial charge is 0.264 e. The number of carbonyl (C=O) groups is 2. The molecule has 2 amide bonds. The number of benzene rings is 3. The molecule has 1 unspecified atom stereocenters. The van der Waals surface area contributed by atoms with Crippen LogP contribution in [0, 0.1) is 6.92 Å². The largest absolute Gasteiger partial charge is 0.494 e. The number of aryl methyl sites for hydroxylation is 1. The first-order valence-corrected chi connectivity index (χ1v) is 15.3. The number of halogens is 1. The van der Waals surface area contributed by atoms with Crippen LogP contribution < -0.4 is 14.4 Å². The molecule has 1 N–H and O–H groups in total. The lowest BCUT2D eigenvalue weighted by atomic mass is 10.1. The highest BCUT2D eigenvalue weighted by Crippen LogP contribution is 2.26. The van der Waals surface area contributed by atoms with Gasteiger partial charge in [-0.05, 0) is 88.7 Å². The molecule has 0 aromatic heterocycles. The van der Waals surface area contributed by atoms with Crippen molar-refractivity contribution in [2.45, 2.75) is 58.1 Å². The summed E-state index contributed by atoms with van der Waals surface area (Å²) in [6.07, 6.45) is 0. The molecule has 0 fully saturated rings. The highest BCUT2D eigenvalue weighted by molar-refractivity contribution is 9.10. The second-order valence-electron chi connectivity index (χ2n) is 9.74. The number of anilines is 1. The lowest BCUT2D eigenvalue weighted by molar-refractivity contribution is -0.139. The molecule has 3 aromatic carbocycles. The Balaban J connectivity index is 2.02. The fraction of sp³-hybridized carbons (Fsp3) is 0.333. The average molecular weight is 631 g/mol. The van der Waals surface area contributed by atoms with Crippen molar-refractivity contribution in [3.8, 4) is 5.75 Å². The Hall–Kier alpha value is -3.37. The van der Waals surface area contributed by atoms with E-state index in [0.29, 0.717) is 18.0 Å². The molecule has 0 heterocycles. The van der Waals surface area contributed by atoms with Crippen molar-refractivity contribution >= 4 is 43.5 Å². The van der Waals surface area contributed by atoms with Gasteiger partial charge in [-0.15, -0.1) is 0 Å². The first-order valence-electron chi connectivity index (χ1n) is 13.1. The van der Waals surface area contributed by atoms with Crippen LogP contribution in [0.25, 0.3) is 0 Å². The van der Waals surface area contributed by atoms with E-state index < -0.39 is 28.5 Å². The minimum atomic E-state index is -4.15. The van der Waals surface area contributed by atoms with Gasteiger partial charge in [-0.25, -0.2) is 8.42 Å². The molecule has 0 aliphatic heterocycles. The van der Waals surface area contributed by atoms with E-state index in [4.69, 9.17) is 4.74 Å². The molecule has 0 saturated carbocycles. The van der Waals surface area contributed by atoms with Crippen LogP contribution >= 0.6 is 15.9 Å². The van der Waals surface area contributed by atoms with Crippen LogP contribution in [0.3, 0.4) is 0 Å². The minimum Gasteiger partial charge on any atom is -0.494 e. The van der Waals surface area contributed by atoms with Crippen LogP contribution in [0.2, 0.25) is 0 Å². The Kier molecular flexibility index (Phi) is 10.8. The predicted octanol–water partition coefficient (Wildman–Crippen LogP) is 5.29. The van der Waals surface area contributed by atoms with Gasteiger partial charge < -0.3 is 15.0 Å². The van der Waals surface area contributed by atoms with Crippen LogP contribution in [0.5, 0.6) is 5.75 Å². The van der Waals surface area contributed by atoms with Gasteiger partial charge in [0.05, 0.1) is 17.2 Å². The summed E-state index contributed by atoms with van der Waals surface area (Å²) >= 11 is 3.45. The standard InChI is InChI=1S/C30H36BrN3O5S/c1-6-39-27-14-16-28(17-15-27)40(37,38)34(26-12-10-22(4)11-13-26)20-29(35)33(23(5)30(36)32-21(2)3)19-24-8-7-9-25(31)18-24/h7-18,21,23H,6,19-20H2,1-5H3,(H,32,36). The molecule has 0 aliphatic rings. The van der Waals surface area contributed by atoms with E-state index in [-0.39, 0.29) is 23.4 Å². The molecule has 0 aliphatic carbocycles. The number of amides is 2. The molecule has 8 nitrogen and oxygen atoms in total. The molecular formula is C30H36BrN3O5S. The molecule has 0 radical (unpaired) electrons. The summed E-state index contributed by atoms with van der Waals surface area (Å²) in [5.74, 6) is -0.291. The molecule has 10 heteroatoms. The fourth-order valence-electron chi connectivity index (χ4n) is 4.06. The van der Waals surface area contributed by atoms with Gasteiger partial charge >= 0.3 is 0 Å². The Bertz CT molecular complexity index is 1410. The third-order valence-corrected chi connectivity index (χ3v) is 8.45. The third-order valence-electron chi connectivity index (χ3n) is 6.16. The number of hydrogen-bond donors (Lipinski definition) is 1. The third kappa shape index (κ3) is 8.08. The number of hydrogen-bond acceptors (Lipinski definition) is 5. The van der Waals surface area contributed by atoms with E-state index in [1.54, 1.807) is 43.3 Å². The monoisotopic (exact) mass is 629 g/mol. The van der Waals surface area contributed by atoms with Crippen molar-refractivity contribution in [3.05, 3.63) is 88.4 Å². The molecular weight excluding hydrogens is 594 g/mol. The highest BCUT2D eigenvalue weighted by atomic mass is 79.9. The summed E-state index contributed by atoms with van der Waals surface area (Å²) in [6, 6.07) is 19.5. The van der Waals surface area contributed by atoms with Crippen molar-refractivity contribution in [3.63, 3.8) is 0 Å². The van der Waals surface area contributed by atoms with Crippen LogP contribution in [0.4, 0.5) is 5.69 Å². The summed E-state index contributed by atoms with van der Waals surface area (Å²) < 4.78 is 35.2. The lowest BCUT2D eigenvalue weighted by Gasteiger charge is -2.32. The predicted molar refractivity (Wildman–Crippen MR) is 161 cm³/mol. The van der Waals surface area contributed by atoms with Gasteiger partial charge in [0.15, 0.2) is 0 Å². The van der Waals surface area contributed by atoms with Gasteiger partial charge in [-0.1, -0.05) is 45.8 Å². The number of carbonyl (C=O) groups excluding carboxylic acids is 2. The molecule has 3 aromatic rings. The summed E-state index contributed by atoms with van der Waals surface area (Å²) in [6.45, 7) is 9.15. The summed E-state index contributed by atoms with van der Waals surface area (Å²) in [5.41, 5.74) is 2.08. The zero-order chi connectivity index (χ0) is 29.4. The summed E-state index contributed by atoms with van der Waals surface area (Å²) in [4.78, 5) is 28.4. The molecule has 0 bridgehead atoms. The lowest BCUT2D eigenvalue weighted by Crippen LogP contribution is -2.52. The molecule has 0 saturated heterocycles. The van der Waals surface area contributed by atoms with E-state index in [1.165, 1.54) is 17.0 Å². The SMILES string of the molecule is CCOc1ccc(S(=O)(=O)N(CC(=O)N(Cc2cccc(Br)c2)C(C)C(=O)NC(C)C)c2ccc(C)cc2)cc1. The van der Waals surface area contributed by atoms with Gasteiger partial charge in [0, 0.05) is 17.1 Å². The van der Waals surface area contributed by atoms with Gasteiger partial charge in [0.2, 0.25) is 11.8 Å². The van der Waals surface area contributed by atoms with E-state index in [2.05, 4.69) is 21.2 Å². The van der Waals surface area contributed by atoms with E-state index in [9.17, 15) is 18.0 Å². The summed E-state index contributed by atoms with van der Waals surface area (Å²) in [5, 5.41) is 2.85.